The monoisotopic (exact) mass is 521 g/mol. The summed E-state index contributed by atoms with van der Waals surface area (Å²) in [6.45, 7) is 6.67. The Morgan fingerprint density at radius 2 is 0.784 bits per heavy atom. The van der Waals surface area contributed by atoms with E-state index >= 15 is 0 Å². The van der Waals surface area contributed by atoms with E-state index in [1.807, 2.05) is 0 Å². The van der Waals surface area contributed by atoms with E-state index in [1.54, 1.807) is 0 Å². The highest BCUT2D eigenvalue weighted by atomic mass is 31.1. The predicted octanol–water partition coefficient (Wildman–Crippen LogP) is 7.56. The highest BCUT2D eigenvalue weighted by Gasteiger charge is 2.24. The van der Waals surface area contributed by atoms with E-state index in [-0.39, 0.29) is 0 Å². The highest BCUT2D eigenvalue weighted by Crippen LogP contribution is 2.47. The van der Waals surface area contributed by atoms with Crippen molar-refractivity contribution in [3.63, 3.8) is 0 Å². The van der Waals surface area contributed by atoms with Gasteiger partial charge < -0.3 is 5.73 Å². The molecule has 0 amide bonds. The molecule has 3 heteroatoms. The first kappa shape index (κ1) is 27.2. The standard InChI is InChI=1S/C34H37NP2/c1-4-28(36(30-18-10-6-11-19-30)31-20-12-7-13-21-31)26-34(3,35)27-29(5-2)37(32-22-14-8-15-23-32)33-24-16-9-17-25-33/h6-27H,4-5,35H2,1-3H3/b28-26-,29-27-. The van der Waals surface area contributed by atoms with Gasteiger partial charge in [-0.3, -0.25) is 0 Å². The van der Waals surface area contributed by atoms with E-state index in [9.17, 15) is 0 Å². The Balaban J connectivity index is 1.79. The summed E-state index contributed by atoms with van der Waals surface area (Å²) in [6.07, 6.45) is 6.61. The van der Waals surface area contributed by atoms with Crippen molar-refractivity contribution in [2.24, 2.45) is 5.73 Å². The average molecular weight is 522 g/mol. The first-order valence-corrected chi connectivity index (χ1v) is 15.7. The van der Waals surface area contributed by atoms with Crippen molar-refractivity contribution >= 4 is 37.1 Å². The quantitative estimate of drug-likeness (QED) is 0.214. The van der Waals surface area contributed by atoms with Gasteiger partial charge in [0.15, 0.2) is 0 Å². The molecule has 0 aliphatic heterocycles. The molecule has 4 rings (SSSR count). The van der Waals surface area contributed by atoms with Crippen LogP contribution in [0.2, 0.25) is 0 Å². The van der Waals surface area contributed by atoms with Crippen molar-refractivity contribution in [2.75, 3.05) is 0 Å². The van der Waals surface area contributed by atoms with E-state index in [1.165, 1.54) is 31.8 Å². The van der Waals surface area contributed by atoms with Gasteiger partial charge in [-0.25, -0.2) is 0 Å². The van der Waals surface area contributed by atoms with Crippen LogP contribution in [0.5, 0.6) is 0 Å². The second kappa shape index (κ2) is 13.1. The molecular weight excluding hydrogens is 484 g/mol. The third kappa shape index (κ3) is 7.15. The summed E-state index contributed by atoms with van der Waals surface area (Å²) < 4.78 is 0. The van der Waals surface area contributed by atoms with Crippen LogP contribution in [-0.4, -0.2) is 5.54 Å². The molecule has 4 aromatic carbocycles. The molecule has 0 atom stereocenters. The van der Waals surface area contributed by atoms with Gasteiger partial charge in [0.1, 0.15) is 0 Å². The molecule has 188 valence electrons. The van der Waals surface area contributed by atoms with E-state index in [0.29, 0.717) is 0 Å². The molecule has 0 aliphatic rings. The lowest BCUT2D eigenvalue weighted by atomic mass is 10.0. The maximum Gasteiger partial charge on any atom is 0.0508 e. The topological polar surface area (TPSA) is 26.0 Å². The first-order chi connectivity index (χ1) is 18.0. The van der Waals surface area contributed by atoms with Crippen LogP contribution in [0.4, 0.5) is 0 Å². The van der Waals surface area contributed by atoms with Crippen molar-refractivity contribution in [3.05, 3.63) is 144 Å². The van der Waals surface area contributed by atoms with Gasteiger partial charge in [0.05, 0.1) is 5.54 Å². The van der Waals surface area contributed by atoms with Crippen LogP contribution in [0.3, 0.4) is 0 Å². The fourth-order valence-electron chi connectivity index (χ4n) is 4.68. The zero-order valence-electron chi connectivity index (χ0n) is 22.1. The molecule has 0 unspecified atom stereocenters. The lowest BCUT2D eigenvalue weighted by Gasteiger charge is -2.28. The second-order valence-electron chi connectivity index (χ2n) is 9.36. The average Bonchev–Trinajstić information content (AvgIpc) is 2.94. The van der Waals surface area contributed by atoms with Gasteiger partial charge in [-0.05, 0) is 67.5 Å². The molecular formula is C34H37NP2. The zero-order valence-corrected chi connectivity index (χ0v) is 23.9. The normalized spacial score (nSPS) is 12.8. The van der Waals surface area contributed by atoms with Crippen LogP contribution < -0.4 is 27.0 Å². The molecule has 0 aliphatic carbocycles. The van der Waals surface area contributed by atoms with E-state index in [0.717, 1.165) is 12.8 Å². The number of rotatable bonds is 10. The lowest BCUT2D eigenvalue weighted by Crippen LogP contribution is -2.33. The molecule has 0 saturated carbocycles. The Kier molecular flexibility index (Phi) is 9.65. The van der Waals surface area contributed by atoms with Crippen LogP contribution in [0, 0.1) is 0 Å². The highest BCUT2D eigenvalue weighted by molar-refractivity contribution is 7.77. The van der Waals surface area contributed by atoms with Crippen LogP contribution >= 0.6 is 15.8 Å². The molecule has 2 N–H and O–H groups in total. The molecule has 1 nitrogen and oxygen atoms in total. The Hall–Kier alpha value is -2.82. The first-order valence-electron chi connectivity index (χ1n) is 13.0. The number of allylic oxidation sites excluding steroid dienone is 2. The minimum absolute atomic E-state index is 0.565. The largest absolute Gasteiger partial charge is 0.319 e. The molecule has 0 radical (unpaired) electrons. The van der Waals surface area contributed by atoms with Crippen LogP contribution in [0.1, 0.15) is 33.6 Å². The second-order valence-corrected chi connectivity index (χ2v) is 13.9. The van der Waals surface area contributed by atoms with Crippen molar-refractivity contribution in [2.45, 2.75) is 39.2 Å². The summed E-state index contributed by atoms with van der Waals surface area (Å²) in [5, 5.41) is 8.28. The summed E-state index contributed by atoms with van der Waals surface area (Å²) in [6, 6.07) is 43.6. The van der Waals surface area contributed by atoms with Crippen molar-refractivity contribution in [1.82, 2.24) is 0 Å². The van der Waals surface area contributed by atoms with E-state index < -0.39 is 21.4 Å². The van der Waals surface area contributed by atoms with Gasteiger partial charge in [0, 0.05) is 0 Å². The lowest BCUT2D eigenvalue weighted by molar-refractivity contribution is 0.724. The number of benzene rings is 4. The molecule has 0 fully saturated rings. The van der Waals surface area contributed by atoms with Crippen LogP contribution in [-0.2, 0) is 0 Å². The minimum atomic E-state index is -0.654. The molecule has 0 heterocycles. The Morgan fingerprint density at radius 1 is 0.541 bits per heavy atom. The summed E-state index contributed by atoms with van der Waals surface area (Å²) in [4.78, 5) is 0. The van der Waals surface area contributed by atoms with Crippen LogP contribution in [0.25, 0.3) is 0 Å². The maximum atomic E-state index is 7.13. The summed E-state index contributed by atoms with van der Waals surface area (Å²) >= 11 is 0. The van der Waals surface area contributed by atoms with Crippen LogP contribution in [0.15, 0.2) is 144 Å². The fraction of sp³-hybridized carbons (Fsp3) is 0.176. The predicted molar refractivity (Wildman–Crippen MR) is 167 cm³/mol. The Morgan fingerprint density at radius 3 is 1.00 bits per heavy atom. The smallest absolute Gasteiger partial charge is 0.0508 e. The maximum absolute atomic E-state index is 7.13. The molecule has 0 bridgehead atoms. The van der Waals surface area contributed by atoms with Gasteiger partial charge in [0.25, 0.3) is 0 Å². The number of hydrogen-bond acceptors (Lipinski definition) is 1. The van der Waals surface area contributed by atoms with Gasteiger partial charge in [-0.1, -0.05) is 147 Å². The van der Waals surface area contributed by atoms with Crippen molar-refractivity contribution in [1.29, 1.82) is 0 Å². The summed E-state index contributed by atoms with van der Waals surface area (Å²) in [5.41, 5.74) is 6.56. The fourth-order valence-corrected chi connectivity index (χ4v) is 9.93. The zero-order chi connectivity index (χ0) is 26.1. The molecule has 0 aromatic heterocycles. The Bertz CT molecular complexity index is 1120. The summed E-state index contributed by atoms with van der Waals surface area (Å²) in [5.74, 6) is 0. The summed E-state index contributed by atoms with van der Waals surface area (Å²) in [7, 11) is -1.31. The number of hydrogen-bond donors (Lipinski definition) is 1. The third-order valence-corrected chi connectivity index (χ3v) is 11.6. The van der Waals surface area contributed by atoms with E-state index in [4.69, 9.17) is 5.73 Å². The molecule has 4 aromatic rings. The van der Waals surface area contributed by atoms with Gasteiger partial charge in [-0.2, -0.15) is 0 Å². The molecule has 0 spiro atoms. The molecule has 37 heavy (non-hydrogen) atoms. The van der Waals surface area contributed by atoms with Gasteiger partial charge in [0.2, 0.25) is 0 Å². The molecule has 0 saturated heterocycles. The van der Waals surface area contributed by atoms with E-state index in [2.05, 4.69) is 154 Å². The SMILES string of the molecule is CC/C(=C/C(C)(N)/C=C(/CC)P(c1ccccc1)c1ccccc1)P(c1ccccc1)c1ccccc1. The number of nitrogens with two attached hydrogens (primary N) is 1. The third-order valence-electron chi connectivity index (χ3n) is 6.31. The van der Waals surface area contributed by atoms with Gasteiger partial charge in [-0.15, -0.1) is 0 Å². The van der Waals surface area contributed by atoms with Gasteiger partial charge >= 0.3 is 0 Å². The Labute approximate surface area is 225 Å². The minimum Gasteiger partial charge on any atom is -0.319 e. The van der Waals surface area contributed by atoms with Crippen molar-refractivity contribution in [3.8, 4) is 0 Å². The van der Waals surface area contributed by atoms with Crippen molar-refractivity contribution < 1.29 is 0 Å².